The van der Waals surface area contributed by atoms with Crippen molar-refractivity contribution in [3.63, 3.8) is 0 Å². The Hall–Kier alpha value is -0.570. The Bertz CT molecular complexity index is 618. The van der Waals surface area contributed by atoms with Gasteiger partial charge in [-0.05, 0) is 22.9 Å². The maximum Gasteiger partial charge on any atom is 0.193 e. The van der Waals surface area contributed by atoms with Crippen LogP contribution in [-0.4, -0.2) is 55.1 Å². The van der Waals surface area contributed by atoms with Crippen LogP contribution in [0.5, 0.6) is 0 Å². The summed E-state index contributed by atoms with van der Waals surface area (Å²) in [6.45, 7) is 4.47. The number of hydrogen-bond donors (Lipinski definition) is 2. The number of likely N-dealkylation sites (tertiary alicyclic amines) is 1. The van der Waals surface area contributed by atoms with Crippen molar-refractivity contribution >= 4 is 28.5 Å². The van der Waals surface area contributed by atoms with Gasteiger partial charge in [0.2, 0.25) is 0 Å². The Kier molecular flexibility index (Phi) is 7.37. The molecule has 2 aromatic heterocycles. The fourth-order valence-corrected chi connectivity index (χ4v) is 5.14. The molecule has 0 atom stereocenters. The Labute approximate surface area is 167 Å². The fourth-order valence-electron chi connectivity index (χ4n) is 3.37. The molecule has 138 valence electrons. The molecule has 0 unspecified atom stereocenters. The molecule has 0 bridgehead atoms. The van der Waals surface area contributed by atoms with E-state index in [1.165, 1.54) is 48.6 Å². The predicted octanol–water partition coefficient (Wildman–Crippen LogP) is -0.551. The molecule has 0 radical (unpaired) electrons. The first-order valence-electron chi connectivity index (χ1n) is 8.42. The molecule has 1 fully saturated rings. The zero-order chi connectivity index (χ0) is 17.0. The van der Waals surface area contributed by atoms with E-state index in [2.05, 4.69) is 12.4 Å². The normalized spacial score (nSPS) is 16.6. The van der Waals surface area contributed by atoms with Gasteiger partial charge >= 0.3 is 0 Å². The summed E-state index contributed by atoms with van der Waals surface area (Å²) in [5.74, 6) is -0.184. The van der Waals surface area contributed by atoms with Crippen LogP contribution in [-0.2, 0) is 10.4 Å². The van der Waals surface area contributed by atoms with Gasteiger partial charge in [0.05, 0.1) is 33.2 Å². The molecule has 0 saturated carbocycles. The first kappa shape index (κ1) is 20.7. The Morgan fingerprint density at radius 2 is 1.76 bits per heavy atom. The molecule has 2 aromatic rings. The van der Waals surface area contributed by atoms with Crippen LogP contribution in [0, 0.1) is 0 Å². The molecular formula is C18H25BrN2O2S2. The molecule has 4 nitrogen and oxygen atoms in total. The highest BCUT2D eigenvalue weighted by molar-refractivity contribution is 7.12. The minimum atomic E-state index is -1.53. The summed E-state index contributed by atoms with van der Waals surface area (Å²) in [5, 5.41) is 18.2. The number of Topliss-reactive ketones (excluding diaryl/α,β-unsaturated/α-hetero) is 1. The lowest BCUT2D eigenvalue weighted by Crippen LogP contribution is -3.00. The molecule has 0 amide bonds. The van der Waals surface area contributed by atoms with E-state index in [9.17, 15) is 9.90 Å². The number of halogens is 1. The number of quaternary nitrogens is 1. The summed E-state index contributed by atoms with van der Waals surface area (Å²) >= 11 is 2.84. The predicted molar refractivity (Wildman–Crippen MR) is 99.5 cm³/mol. The first-order chi connectivity index (χ1) is 11.5. The van der Waals surface area contributed by atoms with Crippen LogP contribution in [0.4, 0.5) is 0 Å². The van der Waals surface area contributed by atoms with Crippen molar-refractivity contribution in [2.24, 2.45) is 0 Å². The van der Waals surface area contributed by atoms with E-state index in [4.69, 9.17) is 0 Å². The van der Waals surface area contributed by atoms with E-state index in [1.54, 1.807) is 0 Å². The molecule has 3 rings (SSSR count). The van der Waals surface area contributed by atoms with Gasteiger partial charge in [0.1, 0.15) is 0 Å². The van der Waals surface area contributed by atoms with Crippen molar-refractivity contribution < 1.29 is 31.4 Å². The summed E-state index contributed by atoms with van der Waals surface area (Å²) in [6.07, 6.45) is 2.60. The van der Waals surface area contributed by atoms with Gasteiger partial charge in [-0.25, -0.2) is 0 Å². The summed E-state index contributed by atoms with van der Waals surface area (Å²) in [6, 6.07) is 7.41. The van der Waals surface area contributed by atoms with Gasteiger partial charge in [-0.3, -0.25) is 4.79 Å². The van der Waals surface area contributed by atoms with Gasteiger partial charge in [-0.1, -0.05) is 12.1 Å². The topological polar surface area (TPSA) is 49.3 Å². The minimum absolute atomic E-state index is 0. The maximum absolute atomic E-state index is 12.8. The van der Waals surface area contributed by atoms with E-state index >= 15 is 0 Å². The lowest BCUT2D eigenvalue weighted by Gasteiger charge is -2.29. The Balaban J connectivity index is 0.00000225. The largest absolute Gasteiger partial charge is 1.00 e. The van der Waals surface area contributed by atoms with E-state index in [0.29, 0.717) is 9.75 Å². The van der Waals surface area contributed by atoms with Crippen molar-refractivity contribution in [1.82, 2.24) is 5.32 Å². The third-order valence-corrected chi connectivity index (χ3v) is 6.88. The number of aliphatic hydroxyl groups is 1. The molecule has 1 aliphatic heterocycles. The van der Waals surface area contributed by atoms with E-state index in [0.717, 1.165) is 17.6 Å². The second-order valence-electron chi connectivity index (χ2n) is 6.76. The number of nitrogens with zero attached hydrogens (tertiary/aromatic N) is 1. The molecule has 0 aliphatic carbocycles. The highest BCUT2D eigenvalue weighted by Gasteiger charge is 2.41. The number of carbonyl (C=O) groups excluding carboxylic acids is 1. The zero-order valence-corrected chi connectivity index (χ0v) is 17.6. The third-order valence-electron chi connectivity index (χ3n) is 4.92. The fraction of sp³-hybridized carbons (Fsp3) is 0.500. The smallest absolute Gasteiger partial charge is 0.193 e. The molecule has 25 heavy (non-hydrogen) atoms. The minimum Gasteiger partial charge on any atom is -1.00 e. The summed E-state index contributed by atoms with van der Waals surface area (Å²) in [7, 11) is 2.28. The van der Waals surface area contributed by atoms with Crippen LogP contribution in [0.25, 0.3) is 0 Å². The first-order valence-corrected chi connectivity index (χ1v) is 10.2. The Morgan fingerprint density at radius 1 is 1.20 bits per heavy atom. The van der Waals surface area contributed by atoms with Crippen LogP contribution < -0.4 is 22.3 Å². The van der Waals surface area contributed by atoms with Crippen molar-refractivity contribution in [2.45, 2.75) is 18.4 Å². The van der Waals surface area contributed by atoms with Crippen molar-refractivity contribution in [3.8, 4) is 0 Å². The number of ketones is 1. The second-order valence-corrected chi connectivity index (χ2v) is 8.66. The van der Waals surface area contributed by atoms with Crippen LogP contribution >= 0.6 is 22.7 Å². The summed E-state index contributed by atoms with van der Waals surface area (Å²) < 4.78 is 1.08. The maximum atomic E-state index is 12.8. The van der Waals surface area contributed by atoms with Crippen LogP contribution in [0.15, 0.2) is 35.0 Å². The van der Waals surface area contributed by atoms with Gasteiger partial charge in [0.25, 0.3) is 0 Å². The standard InChI is InChI=1S/C18H25N2O2S2.BrH/c1-20(9-2-3-10-20)11-8-19-14-15(21)18(22,16-6-4-12-23-16)17-7-5-13-24-17;/h4-7,12-13,19,22H,2-3,8-11,14H2,1H3;1H/q+1;/p-1. The van der Waals surface area contributed by atoms with Crippen molar-refractivity contribution in [2.75, 3.05) is 39.8 Å². The zero-order valence-electron chi connectivity index (χ0n) is 14.4. The second kappa shape index (κ2) is 8.88. The van der Waals surface area contributed by atoms with Crippen LogP contribution in [0.3, 0.4) is 0 Å². The summed E-state index contributed by atoms with van der Waals surface area (Å²) in [4.78, 5) is 14.2. The number of carbonyl (C=O) groups is 1. The summed E-state index contributed by atoms with van der Waals surface area (Å²) in [5.41, 5.74) is -1.53. The van der Waals surface area contributed by atoms with E-state index in [1.807, 2.05) is 35.0 Å². The number of thiophene rings is 2. The average Bonchev–Trinajstić information content (AvgIpc) is 3.32. The van der Waals surface area contributed by atoms with Gasteiger partial charge in [0.15, 0.2) is 11.4 Å². The molecule has 1 saturated heterocycles. The van der Waals surface area contributed by atoms with E-state index in [-0.39, 0.29) is 29.3 Å². The SMILES string of the molecule is C[N+]1(CCNCC(=O)C(O)(c2cccs2)c2cccs2)CCCC1.[Br-]. The van der Waals surface area contributed by atoms with Gasteiger partial charge in [0, 0.05) is 29.1 Å². The quantitative estimate of drug-likeness (QED) is 0.424. The highest BCUT2D eigenvalue weighted by Crippen LogP contribution is 2.36. The number of hydrogen-bond acceptors (Lipinski definition) is 5. The highest BCUT2D eigenvalue weighted by atomic mass is 79.9. The monoisotopic (exact) mass is 444 g/mol. The number of rotatable bonds is 8. The third kappa shape index (κ3) is 4.59. The lowest BCUT2D eigenvalue weighted by molar-refractivity contribution is -0.896. The lowest BCUT2D eigenvalue weighted by atomic mass is 9.94. The molecular weight excluding hydrogens is 420 g/mol. The number of nitrogens with one attached hydrogen (secondary N) is 1. The molecule has 2 N–H and O–H groups in total. The molecule has 0 aromatic carbocycles. The van der Waals surface area contributed by atoms with Crippen LogP contribution in [0.2, 0.25) is 0 Å². The number of likely N-dealkylation sites (N-methyl/N-ethyl adjacent to an activating group) is 1. The van der Waals surface area contributed by atoms with Gasteiger partial charge < -0.3 is 31.9 Å². The molecule has 3 heterocycles. The Morgan fingerprint density at radius 3 is 2.24 bits per heavy atom. The van der Waals surface area contributed by atoms with Crippen molar-refractivity contribution in [1.29, 1.82) is 0 Å². The molecule has 1 aliphatic rings. The van der Waals surface area contributed by atoms with Gasteiger partial charge in [-0.15, -0.1) is 22.7 Å². The average molecular weight is 445 g/mol. The van der Waals surface area contributed by atoms with Crippen molar-refractivity contribution in [3.05, 3.63) is 44.8 Å². The molecule has 0 spiro atoms. The van der Waals surface area contributed by atoms with Crippen LogP contribution in [0.1, 0.15) is 22.6 Å². The molecule has 7 heteroatoms. The van der Waals surface area contributed by atoms with E-state index < -0.39 is 5.60 Å². The van der Waals surface area contributed by atoms with Gasteiger partial charge in [-0.2, -0.15) is 0 Å².